The van der Waals surface area contributed by atoms with Gasteiger partial charge in [-0.05, 0) is 56.9 Å². The molecule has 19 heavy (non-hydrogen) atoms. The van der Waals surface area contributed by atoms with E-state index in [-0.39, 0.29) is 11.6 Å². The van der Waals surface area contributed by atoms with Crippen LogP contribution >= 0.6 is 0 Å². The maximum absolute atomic E-state index is 12.1. The Morgan fingerprint density at radius 3 is 2.16 bits per heavy atom. The van der Waals surface area contributed by atoms with E-state index in [2.05, 4.69) is 33.0 Å². The van der Waals surface area contributed by atoms with Crippen molar-refractivity contribution in [2.75, 3.05) is 5.32 Å². The second-order valence-electron chi connectivity index (χ2n) is 5.99. The first-order valence-corrected chi connectivity index (χ1v) is 7.03. The molecule has 0 atom stereocenters. The van der Waals surface area contributed by atoms with Gasteiger partial charge >= 0.3 is 5.97 Å². The van der Waals surface area contributed by atoms with Crippen molar-refractivity contribution >= 4 is 11.7 Å². The number of hydrogen-bond acceptors (Lipinski definition) is 3. The topological polar surface area (TPSA) is 38.3 Å². The lowest BCUT2D eigenvalue weighted by atomic mass is 10.1. The quantitative estimate of drug-likeness (QED) is 0.818. The second-order valence-corrected chi connectivity index (χ2v) is 5.99. The van der Waals surface area contributed by atoms with Crippen LogP contribution in [0.5, 0.6) is 0 Å². The van der Waals surface area contributed by atoms with E-state index < -0.39 is 0 Å². The number of esters is 1. The molecule has 1 aromatic carbocycles. The van der Waals surface area contributed by atoms with Crippen LogP contribution in [0, 0.1) is 5.92 Å². The summed E-state index contributed by atoms with van der Waals surface area (Å²) in [5.74, 6) is 0.181. The predicted octanol–water partition coefficient (Wildman–Crippen LogP) is 3.85. The lowest BCUT2D eigenvalue weighted by Crippen LogP contribution is -2.25. The van der Waals surface area contributed by atoms with Gasteiger partial charge in [0.15, 0.2) is 0 Å². The molecular formula is C16H23NO2. The van der Waals surface area contributed by atoms with Gasteiger partial charge in [-0.3, -0.25) is 0 Å². The Balaban J connectivity index is 2.00. The van der Waals surface area contributed by atoms with Gasteiger partial charge in [-0.2, -0.15) is 0 Å². The summed E-state index contributed by atoms with van der Waals surface area (Å²) in [4.78, 5) is 12.1. The Morgan fingerprint density at radius 1 is 1.16 bits per heavy atom. The second kappa shape index (κ2) is 5.24. The Labute approximate surface area is 115 Å². The molecule has 1 N–H and O–H groups in total. The van der Waals surface area contributed by atoms with Gasteiger partial charge in [-0.15, -0.1) is 0 Å². The Kier molecular flexibility index (Phi) is 3.83. The molecule has 0 spiro atoms. The van der Waals surface area contributed by atoms with Crippen LogP contribution in [0.25, 0.3) is 0 Å². The van der Waals surface area contributed by atoms with Crippen LogP contribution in [0.3, 0.4) is 0 Å². The number of nitrogens with one attached hydrogen (secondary N) is 1. The highest BCUT2D eigenvalue weighted by molar-refractivity contribution is 5.90. The van der Waals surface area contributed by atoms with E-state index in [1.807, 2.05) is 24.3 Å². The van der Waals surface area contributed by atoms with Gasteiger partial charge in [0.1, 0.15) is 5.60 Å². The third-order valence-electron chi connectivity index (χ3n) is 3.67. The van der Waals surface area contributed by atoms with Crippen molar-refractivity contribution in [3.05, 3.63) is 29.8 Å². The molecule has 1 fully saturated rings. The van der Waals surface area contributed by atoms with E-state index in [9.17, 15) is 4.79 Å². The summed E-state index contributed by atoms with van der Waals surface area (Å²) in [5, 5.41) is 3.30. The molecule has 0 bridgehead atoms. The molecule has 2 rings (SSSR count). The van der Waals surface area contributed by atoms with Gasteiger partial charge in [-0.1, -0.05) is 13.8 Å². The summed E-state index contributed by atoms with van der Waals surface area (Å²) >= 11 is 0. The highest BCUT2D eigenvalue weighted by Gasteiger charge is 2.49. The maximum Gasteiger partial charge on any atom is 0.338 e. The molecule has 0 aromatic heterocycles. The van der Waals surface area contributed by atoms with Gasteiger partial charge in [0, 0.05) is 11.7 Å². The zero-order valence-electron chi connectivity index (χ0n) is 12.2. The van der Waals surface area contributed by atoms with Gasteiger partial charge in [0.25, 0.3) is 0 Å². The average molecular weight is 261 g/mol. The number of rotatable bonds is 5. The van der Waals surface area contributed by atoms with E-state index in [0.29, 0.717) is 17.5 Å². The van der Waals surface area contributed by atoms with Crippen molar-refractivity contribution in [1.82, 2.24) is 0 Å². The number of benzene rings is 1. The summed E-state index contributed by atoms with van der Waals surface area (Å²) in [5.41, 5.74) is 1.45. The first-order chi connectivity index (χ1) is 8.93. The highest BCUT2D eigenvalue weighted by Crippen LogP contribution is 2.46. The monoisotopic (exact) mass is 261 g/mol. The molecular weight excluding hydrogens is 238 g/mol. The summed E-state index contributed by atoms with van der Waals surface area (Å²) < 4.78 is 5.66. The molecule has 0 aliphatic heterocycles. The van der Waals surface area contributed by atoms with E-state index in [1.54, 1.807) is 0 Å². The lowest BCUT2D eigenvalue weighted by Gasteiger charge is -2.20. The zero-order chi connectivity index (χ0) is 14.0. The third-order valence-corrected chi connectivity index (χ3v) is 3.67. The van der Waals surface area contributed by atoms with Crippen LogP contribution in [0.1, 0.15) is 50.9 Å². The third kappa shape index (κ3) is 3.28. The average Bonchev–Trinajstić information content (AvgIpc) is 3.10. The van der Waals surface area contributed by atoms with E-state index in [1.165, 1.54) is 0 Å². The molecule has 0 amide bonds. The fraction of sp³-hybridized carbons (Fsp3) is 0.562. The maximum atomic E-state index is 12.1. The van der Waals surface area contributed by atoms with Gasteiger partial charge in [-0.25, -0.2) is 4.79 Å². The Morgan fingerprint density at radius 2 is 1.74 bits per heavy atom. The summed E-state index contributed by atoms with van der Waals surface area (Å²) in [7, 11) is 0. The molecule has 0 radical (unpaired) electrons. The fourth-order valence-electron chi connectivity index (χ4n) is 2.20. The number of carbonyl (C=O) groups excluding carboxylic acids is 1. The number of ether oxygens (including phenoxy) is 1. The minimum atomic E-state index is -0.206. The molecule has 3 heteroatoms. The molecule has 104 valence electrons. The van der Waals surface area contributed by atoms with Crippen molar-refractivity contribution in [1.29, 1.82) is 0 Å². The van der Waals surface area contributed by atoms with E-state index in [0.717, 1.165) is 18.5 Å². The van der Waals surface area contributed by atoms with Gasteiger partial charge in [0.05, 0.1) is 5.56 Å². The van der Waals surface area contributed by atoms with Crippen molar-refractivity contribution in [2.45, 2.75) is 52.2 Å². The first-order valence-electron chi connectivity index (χ1n) is 7.03. The Bertz CT molecular complexity index is 444. The molecule has 0 heterocycles. The Hall–Kier alpha value is -1.51. The smallest absolute Gasteiger partial charge is 0.338 e. The minimum absolute atomic E-state index is 0.202. The largest absolute Gasteiger partial charge is 0.455 e. The lowest BCUT2D eigenvalue weighted by molar-refractivity contribution is 0.00822. The molecule has 3 nitrogen and oxygen atoms in total. The normalized spacial score (nSPS) is 16.5. The first kappa shape index (κ1) is 13.9. The fourth-order valence-corrected chi connectivity index (χ4v) is 2.20. The molecule has 1 aromatic rings. The van der Waals surface area contributed by atoms with Crippen LogP contribution in [-0.4, -0.2) is 17.6 Å². The van der Waals surface area contributed by atoms with Crippen molar-refractivity contribution in [2.24, 2.45) is 5.92 Å². The summed E-state index contributed by atoms with van der Waals surface area (Å²) in [6.45, 7) is 8.38. The van der Waals surface area contributed by atoms with Crippen LogP contribution in [0.2, 0.25) is 0 Å². The van der Waals surface area contributed by atoms with Crippen LogP contribution < -0.4 is 5.32 Å². The van der Waals surface area contributed by atoms with Crippen LogP contribution in [0.15, 0.2) is 24.3 Å². The molecule has 0 unspecified atom stereocenters. The number of anilines is 1. The van der Waals surface area contributed by atoms with E-state index in [4.69, 9.17) is 4.74 Å². The van der Waals surface area contributed by atoms with Gasteiger partial charge < -0.3 is 10.1 Å². The molecule has 1 saturated carbocycles. The number of carbonyl (C=O) groups is 1. The van der Waals surface area contributed by atoms with Crippen molar-refractivity contribution in [3.63, 3.8) is 0 Å². The molecule has 1 aliphatic carbocycles. The minimum Gasteiger partial charge on any atom is -0.455 e. The van der Waals surface area contributed by atoms with Crippen LogP contribution in [-0.2, 0) is 4.74 Å². The molecule has 0 saturated heterocycles. The van der Waals surface area contributed by atoms with Crippen molar-refractivity contribution in [3.8, 4) is 0 Å². The van der Waals surface area contributed by atoms with E-state index >= 15 is 0 Å². The summed E-state index contributed by atoms with van der Waals surface area (Å²) in [6.07, 6.45) is 1.98. The van der Waals surface area contributed by atoms with Crippen LogP contribution in [0.4, 0.5) is 5.69 Å². The summed E-state index contributed by atoms with van der Waals surface area (Å²) in [6, 6.07) is 7.87. The SMILES string of the molecule is CC(C)Nc1ccc(C(=O)OC2(C(C)C)CC2)cc1. The predicted molar refractivity (Wildman–Crippen MR) is 77.4 cm³/mol. The van der Waals surface area contributed by atoms with Gasteiger partial charge in [0.2, 0.25) is 0 Å². The number of hydrogen-bond donors (Lipinski definition) is 1. The standard InChI is InChI=1S/C16H23NO2/c1-11(2)16(9-10-16)19-15(18)13-5-7-14(8-6-13)17-12(3)4/h5-8,11-12,17H,9-10H2,1-4H3. The highest BCUT2D eigenvalue weighted by atomic mass is 16.6. The molecule has 1 aliphatic rings. The van der Waals surface area contributed by atoms with Crippen molar-refractivity contribution < 1.29 is 9.53 Å². The zero-order valence-corrected chi connectivity index (χ0v) is 12.2.